The number of hydrogen-bond acceptors (Lipinski definition) is 4. The zero-order chi connectivity index (χ0) is 13.9. The number of amides is 1. The van der Waals surface area contributed by atoms with Gasteiger partial charge in [0.2, 0.25) is 5.91 Å². The van der Waals surface area contributed by atoms with E-state index >= 15 is 0 Å². The fourth-order valence-corrected chi connectivity index (χ4v) is 2.30. The summed E-state index contributed by atoms with van der Waals surface area (Å²) < 4.78 is 0. The molecule has 0 aliphatic carbocycles. The van der Waals surface area contributed by atoms with Crippen molar-refractivity contribution >= 4 is 17.2 Å². The molecule has 0 saturated heterocycles. The standard InChI is InChI=1S/C13H23N3OS/c1-6-9-7-15-12(18-9)8(2)16-11(17)10(14)13(3,4)5/h7-8,10H,6,14H2,1-5H3,(H,16,17)/t8?,10-/m0/s1. The maximum absolute atomic E-state index is 12.0. The highest BCUT2D eigenvalue weighted by molar-refractivity contribution is 7.11. The van der Waals surface area contributed by atoms with Crippen molar-refractivity contribution in [3.05, 3.63) is 16.1 Å². The lowest BCUT2D eigenvalue weighted by Gasteiger charge is -2.27. The first-order valence-electron chi connectivity index (χ1n) is 6.26. The largest absolute Gasteiger partial charge is 0.346 e. The average Bonchev–Trinajstić information content (AvgIpc) is 2.75. The molecule has 1 aromatic heterocycles. The first-order valence-corrected chi connectivity index (χ1v) is 7.08. The minimum atomic E-state index is -0.509. The van der Waals surface area contributed by atoms with E-state index in [1.807, 2.05) is 33.9 Å². The van der Waals surface area contributed by atoms with E-state index in [0.717, 1.165) is 11.4 Å². The van der Waals surface area contributed by atoms with Gasteiger partial charge in [-0.05, 0) is 18.8 Å². The highest BCUT2D eigenvalue weighted by Crippen LogP contribution is 2.22. The Morgan fingerprint density at radius 2 is 2.17 bits per heavy atom. The Morgan fingerprint density at radius 3 is 2.61 bits per heavy atom. The van der Waals surface area contributed by atoms with Gasteiger partial charge in [-0.15, -0.1) is 11.3 Å². The number of carbonyl (C=O) groups is 1. The summed E-state index contributed by atoms with van der Waals surface area (Å²) in [5.41, 5.74) is 5.69. The summed E-state index contributed by atoms with van der Waals surface area (Å²) in [7, 11) is 0. The fraction of sp³-hybridized carbons (Fsp3) is 0.692. The molecule has 1 heterocycles. The van der Waals surface area contributed by atoms with Crippen LogP contribution in [0.4, 0.5) is 0 Å². The Labute approximate surface area is 113 Å². The van der Waals surface area contributed by atoms with Crippen molar-refractivity contribution in [2.45, 2.75) is 53.1 Å². The predicted molar refractivity (Wildman–Crippen MR) is 75.5 cm³/mol. The smallest absolute Gasteiger partial charge is 0.238 e. The quantitative estimate of drug-likeness (QED) is 0.881. The van der Waals surface area contributed by atoms with Crippen LogP contribution in [0.3, 0.4) is 0 Å². The van der Waals surface area contributed by atoms with E-state index in [1.165, 1.54) is 4.88 Å². The second-order valence-electron chi connectivity index (χ2n) is 5.59. The van der Waals surface area contributed by atoms with Crippen LogP contribution in [0.2, 0.25) is 0 Å². The van der Waals surface area contributed by atoms with Crippen LogP contribution in [-0.2, 0) is 11.2 Å². The molecule has 1 rings (SSSR count). The zero-order valence-electron chi connectivity index (χ0n) is 11.8. The second-order valence-corrected chi connectivity index (χ2v) is 6.74. The molecule has 2 atom stereocenters. The normalized spacial score (nSPS) is 15.2. The number of aromatic nitrogens is 1. The van der Waals surface area contributed by atoms with E-state index in [0.29, 0.717) is 0 Å². The van der Waals surface area contributed by atoms with Gasteiger partial charge in [0, 0.05) is 11.1 Å². The zero-order valence-corrected chi connectivity index (χ0v) is 12.6. The number of hydrogen-bond donors (Lipinski definition) is 2. The van der Waals surface area contributed by atoms with Gasteiger partial charge in [0.05, 0.1) is 12.1 Å². The lowest BCUT2D eigenvalue weighted by molar-refractivity contribution is -0.125. The van der Waals surface area contributed by atoms with Gasteiger partial charge in [-0.3, -0.25) is 4.79 Å². The van der Waals surface area contributed by atoms with Gasteiger partial charge in [0.25, 0.3) is 0 Å². The Morgan fingerprint density at radius 1 is 1.56 bits per heavy atom. The fourth-order valence-electron chi connectivity index (χ4n) is 1.44. The summed E-state index contributed by atoms with van der Waals surface area (Å²) in [5.74, 6) is -0.122. The Hall–Kier alpha value is -0.940. The van der Waals surface area contributed by atoms with Gasteiger partial charge in [-0.2, -0.15) is 0 Å². The SMILES string of the molecule is CCc1cnc(C(C)NC(=O)[C@H](N)C(C)(C)C)s1. The van der Waals surface area contributed by atoms with Crippen LogP contribution < -0.4 is 11.1 Å². The first-order chi connectivity index (χ1) is 8.25. The van der Waals surface area contributed by atoms with Crippen molar-refractivity contribution in [1.82, 2.24) is 10.3 Å². The number of nitrogens with two attached hydrogens (primary N) is 1. The van der Waals surface area contributed by atoms with Gasteiger partial charge in [0.15, 0.2) is 0 Å². The van der Waals surface area contributed by atoms with E-state index in [1.54, 1.807) is 11.3 Å². The van der Waals surface area contributed by atoms with Crippen LogP contribution in [0.1, 0.15) is 50.5 Å². The summed E-state index contributed by atoms with van der Waals surface area (Å²) in [4.78, 5) is 17.5. The molecule has 0 radical (unpaired) electrons. The molecule has 0 aliphatic rings. The number of nitrogens with zero attached hydrogens (tertiary/aromatic N) is 1. The van der Waals surface area contributed by atoms with E-state index in [4.69, 9.17) is 5.73 Å². The maximum atomic E-state index is 12.0. The molecule has 3 N–H and O–H groups in total. The highest BCUT2D eigenvalue weighted by atomic mass is 32.1. The van der Waals surface area contributed by atoms with E-state index in [-0.39, 0.29) is 17.4 Å². The van der Waals surface area contributed by atoms with Crippen molar-refractivity contribution in [3.8, 4) is 0 Å². The van der Waals surface area contributed by atoms with Crippen molar-refractivity contribution in [1.29, 1.82) is 0 Å². The monoisotopic (exact) mass is 269 g/mol. The Bertz CT molecular complexity index is 409. The predicted octanol–water partition coefficient (Wildman–Crippen LogP) is 2.26. The third-order valence-electron chi connectivity index (χ3n) is 2.86. The van der Waals surface area contributed by atoms with Gasteiger partial charge < -0.3 is 11.1 Å². The first kappa shape index (κ1) is 15.1. The molecule has 4 nitrogen and oxygen atoms in total. The second kappa shape index (κ2) is 5.80. The van der Waals surface area contributed by atoms with Gasteiger partial charge in [-0.25, -0.2) is 4.98 Å². The average molecular weight is 269 g/mol. The molecular formula is C13H23N3OS. The van der Waals surface area contributed by atoms with Crippen LogP contribution in [-0.4, -0.2) is 16.9 Å². The summed E-state index contributed by atoms with van der Waals surface area (Å²) in [6, 6.07) is -0.596. The molecule has 0 spiro atoms. The molecule has 102 valence electrons. The van der Waals surface area contributed by atoms with Crippen molar-refractivity contribution in [3.63, 3.8) is 0 Å². The van der Waals surface area contributed by atoms with E-state index in [2.05, 4.69) is 17.2 Å². The van der Waals surface area contributed by atoms with Crippen molar-refractivity contribution in [2.75, 3.05) is 0 Å². The van der Waals surface area contributed by atoms with Crippen LogP contribution in [0.5, 0.6) is 0 Å². The van der Waals surface area contributed by atoms with E-state index in [9.17, 15) is 4.79 Å². The lowest BCUT2D eigenvalue weighted by atomic mass is 9.87. The number of rotatable bonds is 4. The molecular weight excluding hydrogens is 246 g/mol. The third-order valence-corrected chi connectivity index (χ3v) is 4.19. The Kier molecular flexibility index (Phi) is 4.87. The molecule has 1 amide bonds. The summed E-state index contributed by atoms with van der Waals surface area (Å²) in [5, 5.41) is 3.86. The van der Waals surface area contributed by atoms with Crippen LogP contribution in [0.25, 0.3) is 0 Å². The van der Waals surface area contributed by atoms with Crippen molar-refractivity contribution in [2.24, 2.45) is 11.1 Å². The molecule has 0 saturated carbocycles. The Balaban J connectivity index is 2.64. The molecule has 1 unspecified atom stereocenters. The van der Waals surface area contributed by atoms with Crippen LogP contribution in [0, 0.1) is 5.41 Å². The summed E-state index contributed by atoms with van der Waals surface area (Å²) in [6.45, 7) is 9.91. The minimum absolute atomic E-state index is 0.0869. The molecule has 0 aromatic carbocycles. The maximum Gasteiger partial charge on any atom is 0.238 e. The minimum Gasteiger partial charge on any atom is -0.346 e. The molecule has 0 aliphatic heterocycles. The summed E-state index contributed by atoms with van der Waals surface area (Å²) >= 11 is 1.64. The van der Waals surface area contributed by atoms with Gasteiger partial charge >= 0.3 is 0 Å². The van der Waals surface area contributed by atoms with Crippen molar-refractivity contribution < 1.29 is 4.79 Å². The molecule has 5 heteroatoms. The van der Waals surface area contributed by atoms with Gasteiger partial charge in [-0.1, -0.05) is 27.7 Å². The molecule has 18 heavy (non-hydrogen) atoms. The lowest BCUT2D eigenvalue weighted by Crippen LogP contribution is -2.49. The van der Waals surface area contributed by atoms with Crippen LogP contribution in [0.15, 0.2) is 6.20 Å². The number of nitrogens with one attached hydrogen (secondary N) is 1. The summed E-state index contributed by atoms with van der Waals surface area (Å²) in [6.07, 6.45) is 2.84. The van der Waals surface area contributed by atoms with Gasteiger partial charge in [0.1, 0.15) is 5.01 Å². The molecule has 1 aromatic rings. The molecule has 0 fully saturated rings. The number of carbonyl (C=O) groups excluding carboxylic acids is 1. The highest BCUT2D eigenvalue weighted by Gasteiger charge is 2.28. The third kappa shape index (κ3) is 3.78. The number of thiazole rings is 1. The molecule has 0 bridgehead atoms. The number of aryl methyl sites for hydroxylation is 1. The topological polar surface area (TPSA) is 68.0 Å². The van der Waals surface area contributed by atoms with E-state index < -0.39 is 6.04 Å². The van der Waals surface area contributed by atoms with Crippen LogP contribution >= 0.6 is 11.3 Å².